The van der Waals surface area contributed by atoms with Crippen LogP contribution in [0, 0.1) is 0 Å². The monoisotopic (exact) mass is 223 g/mol. The third-order valence-electron chi connectivity index (χ3n) is 3.20. The van der Waals surface area contributed by atoms with Gasteiger partial charge in [-0.05, 0) is 24.1 Å². The Morgan fingerprint density at radius 3 is 3.07 bits per heavy atom. The topological polar surface area (TPSA) is 38.3 Å². The molecule has 0 unspecified atom stereocenters. The van der Waals surface area contributed by atoms with Crippen molar-refractivity contribution in [2.75, 3.05) is 18.5 Å². The number of anilines is 1. The molecule has 1 fully saturated rings. The van der Waals surface area contributed by atoms with E-state index >= 15 is 0 Å². The number of rotatable bonds is 0. The number of nitrogens with one attached hydrogen (secondary N) is 1. The van der Waals surface area contributed by atoms with E-state index in [4.69, 9.17) is 16.3 Å². The molecule has 2 aliphatic rings. The smallest absolute Gasteiger partial charge is 0.237 e. The summed E-state index contributed by atoms with van der Waals surface area (Å²) in [6, 6.07) is 5.53. The third-order valence-corrected chi connectivity index (χ3v) is 3.44. The van der Waals surface area contributed by atoms with E-state index < -0.39 is 5.41 Å². The van der Waals surface area contributed by atoms with Crippen LogP contribution in [-0.2, 0) is 14.9 Å². The van der Waals surface area contributed by atoms with Gasteiger partial charge in [0.15, 0.2) is 0 Å². The second kappa shape index (κ2) is 2.97. The fourth-order valence-electron chi connectivity index (χ4n) is 2.36. The van der Waals surface area contributed by atoms with Gasteiger partial charge in [0, 0.05) is 17.3 Å². The Kier molecular flexibility index (Phi) is 1.82. The van der Waals surface area contributed by atoms with Gasteiger partial charge >= 0.3 is 0 Å². The Morgan fingerprint density at radius 1 is 1.47 bits per heavy atom. The average molecular weight is 224 g/mol. The maximum Gasteiger partial charge on any atom is 0.237 e. The predicted octanol–water partition coefficient (Wildman–Crippen LogP) is 1.95. The van der Waals surface area contributed by atoms with Gasteiger partial charge in [0.05, 0.1) is 6.61 Å². The Balaban J connectivity index is 2.17. The molecule has 1 atom stereocenters. The number of benzene rings is 1. The van der Waals surface area contributed by atoms with Crippen LogP contribution in [-0.4, -0.2) is 19.1 Å². The first-order valence-corrected chi connectivity index (χ1v) is 5.29. The lowest BCUT2D eigenvalue weighted by molar-refractivity contribution is -0.120. The van der Waals surface area contributed by atoms with Crippen molar-refractivity contribution in [3.05, 3.63) is 28.8 Å². The van der Waals surface area contributed by atoms with E-state index in [9.17, 15) is 4.79 Å². The molecule has 1 saturated heterocycles. The molecule has 3 rings (SSSR count). The lowest BCUT2D eigenvalue weighted by Gasteiger charge is -2.18. The number of hydrogen-bond acceptors (Lipinski definition) is 2. The van der Waals surface area contributed by atoms with Crippen LogP contribution in [0.4, 0.5) is 5.69 Å². The maximum absolute atomic E-state index is 11.9. The molecule has 4 heteroatoms. The maximum atomic E-state index is 11.9. The van der Waals surface area contributed by atoms with E-state index in [1.807, 2.05) is 12.1 Å². The second-order valence-corrected chi connectivity index (χ2v) is 4.47. The molecular weight excluding hydrogens is 214 g/mol. The molecule has 1 spiro atoms. The van der Waals surface area contributed by atoms with Crippen molar-refractivity contribution >= 4 is 23.2 Å². The van der Waals surface area contributed by atoms with Crippen LogP contribution < -0.4 is 5.32 Å². The van der Waals surface area contributed by atoms with Gasteiger partial charge < -0.3 is 10.1 Å². The standard InChI is InChI=1S/C11H10ClNO2/c12-7-1-2-8-9(5-7)13-10(14)11(8)3-4-15-6-11/h1-2,5H,3-4,6H2,(H,13,14)/t11-/m0/s1. The molecule has 0 aliphatic carbocycles. The van der Waals surface area contributed by atoms with Crippen LogP contribution in [0.15, 0.2) is 18.2 Å². The van der Waals surface area contributed by atoms with Crippen molar-refractivity contribution in [3.63, 3.8) is 0 Å². The molecule has 78 valence electrons. The highest BCUT2D eigenvalue weighted by Gasteiger charge is 2.49. The summed E-state index contributed by atoms with van der Waals surface area (Å²) < 4.78 is 5.35. The van der Waals surface area contributed by atoms with Crippen molar-refractivity contribution < 1.29 is 9.53 Å². The highest BCUT2D eigenvalue weighted by atomic mass is 35.5. The van der Waals surface area contributed by atoms with Crippen molar-refractivity contribution in [1.29, 1.82) is 0 Å². The summed E-state index contributed by atoms with van der Waals surface area (Å²) in [5.74, 6) is 0.0391. The van der Waals surface area contributed by atoms with Crippen LogP contribution >= 0.6 is 11.6 Å². The quantitative estimate of drug-likeness (QED) is 0.730. The summed E-state index contributed by atoms with van der Waals surface area (Å²) in [6.45, 7) is 1.13. The molecule has 0 aromatic heterocycles. The van der Waals surface area contributed by atoms with E-state index in [2.05, 4.69) is 5.32 Å². The molecule has 1 N–H and O–H groups in total. The van der Waals surface area contributed by atoms with Crippen LogP contribution in [0.5, 0.6) is 0 Å². The molecule has 3 nitrogen and oxygen atoms in total. The van der Waals surface area contributed by atoms with Gasteiger partial charge in [-0.25, -0.2) is 0 Å². The van der Waals surface area contributed by atoms with Gasteiger partial charge in [-0.1, -0.05) is 17.7 Å². The Bertz CT molecular complexity index is 438. The number of fused-ring (bicyclic) bond motifs is 2. The summed E-state index contributed by atoms with van der Waals surface area (Å²) in [6.07, 6.45) is 0.757. The summed E-state index contributed by atoms with van der Waals surface area (Å²) in [4.78, 5) is 11.9. The molecule has 0 saturated carbocycles. The Labute approximate surface area is 92.4 Å². The van der Waals surface area contributed by atoms with E-state index in [1.54, 1.807) is 6.07 Å². The molecule has 0 radical (unpaired) electrons. The largest absolute Gasteiger partial charge is 0.380 e. The highest BCUT2D eigenvalue weighted by molar-refractivity contribution is 6.31. The first-order valence-electron chi connectivity index (χ1n) is 4.92. The van der Waals surface area contributed by atoms with E-state index in [0.29, 0.717) is 18.2 Å². The first-order chi connectivity index (χ1) is 7.22. The highest BCUT2D eigenvalue weighted by Crippen LogP contribution is 2.44. The van der Waals surface area contributed by atoms with E-state index in [-0.39, 0.29) is 5.91 Å². The fraction of sp³-hybridized carbons (Fsp3) is 0.364. The van der Waals surface area contributed by atoms with Crippen LogP contribution in [0.1, 0.15) is 12.0 Å². The molecule has 2 heterocycles. The van der Waals surface area contributed by atoms with Gasteiger partial charge in [-0.3, -0.25) is 4.79 Å². The molecule has 1 amide bonds. The minimum absolute atomic E-state index is 0.0391. The van der Waals surface area contributed by atoms with Gasteiger partial charge in [0.2, 0.25) is 5.91 Å². The minimum Gasteiger partial charge on any atom is -0.380 e. The zero-order chi connectivity index (χ0) is 10.5. The SMILES string of the molecule is O=C1Nc2cc(Cl)ccc2[C@@]12CCOC2. The van der Waals surface area contributed by atoms with Crippen molar-refractivity contribution in [3.8, 4) is 0 Å². The molecule has 1 aromatic carbocycles. The number of ether oxygens (including phenoxy) is 1. The van der Waals surface area contributed by atoms with Crippen LogP contribution in [0.25, 0.3) is 0 Å². The summed E-state index contributed by atoms with van der Waals surface area (Å²) >= 11 is 5.88. The number of carbonyl (C=O) groups excluding carboxylic acids is 1. The predicted molar refractivity (Wildman–Crippen MR) is 57.2 cm³/mol. The van der Waals surface area contributed by atoms with Gasteiger partial charge in [0.1, 0.15) is 5.41 Å². The number of amides is 1. The van der Waals surface area contributed by atoms with Crippen molar-refractivity contribution in [2.45, 2.75) is 11.8 Å². The summed E-state index contributed by atoms with van der Waals surface area (Å²) in [5.41, 5.74) is 1.40. The first kappa shape index (κ1) is 9.19. The molecule has 2 aliphatic heterocycles. The fourth-order valence-corrected chi connectivity index (χ4v) is 2.53. The normalized spacial score (nSPS) is 28.2. The van der Waals surface area contributed by atoms with Gasteiger partial charge in [0.25, 0.3) is 0 Å². The molecular formula is C11H10ClNO2. The zero-order valence-electron chi connectivity index (χ0n) is 8.05. The van der Waals surface area contributed by atoms with Gasteiger partial charge in [-0.2, -0.15) is 0 Å². The van der Waals surface area contributed by atoms with E-state index in [0.717, 1.165) is 17.7 Å². The zero-order valence-corrected chi connectivity index (χ0v) is 8.80. The molecule has 1 aromatic rings. The van der Waals surface area contributed by atoms with Crippen molar-refractivity contribution in [2.24, 2.45) is 0 Å². The number of hydrogen-bond donors (Lipinski definition) is 1. The number of halogens is 1. The molecule has 15 heavy (non-hydrogen) atoms. The average Bonchev–Trinajstić information content (AvgIpc) is 2.76. The lowest BCUT2D eigenvalue weighted by atomic mass is 9.81. The summed E-state index contributed by atoms with van der Waals surface area (Å²) in [5, 5.41) is 3.51. The third kappa shape index (κ3) is 1.13. The van der Waals surface area contributed by atoms with Gasteiger partial charge in [-0.15, -0.1) is 0 Å². The van der Waals surface area contributed by atoms with Crippen LogP contribution in [0.2, 0.25) is 5.02 Å². The lowest BCUT2D eigenvalue weighted by Crippen LogP contribution is -2.34. The minimum atomic E-state index is -0.458. The second-order valence-electron chi connectivity index (χ2n) is 4.03. The van der Waals surface area contributed by atoms with Crippen molar-refractivity contribution in [1.82, 2.24) is 0 Å². The number of carbonyl (C=O) groups is 1. The van der Waals surface area contributed by atoms with Crippen LogP contribution in [0.3, 0.4) is 0 Å². The summed E-state index contributed by atoms with van der Waals surface area (Å²) in [7, 11) is 0. The Morgan fingerprint density at radius 2 is 2.33 bits per heavy atom. The molecule has 0 bridgehead atoms. The van der Waals surface area contributed by atoms with E-state index in [1.165, 1.54) is 0 Å². The Hall–Kier alpha value is -1.06.